The largest absolute Gasteiger partial charge is 0.353 e. The summed E-state index contributed by atoms with van der Waals surface area (Å²) in [5.74, 6) is 0.754. The van der Waals surface area contributed by atoms with Gasteiger partial charge < -0.3 is 10.6 Å². The SMILES string of the molecule is N[C@@H]1CCCN(c2nccnc2Cl)C1. The molecule has 1 atom stereocenters. The van der Waals surface area contributed by atoms with Gasteiger partial charge >= 0.3 is 0 Å². The quantitative estimate of drug-likeness (QED) is 0.757. The van der Waals surface area contributed by atoms with Crippen molar-refractivity contribution in [1.82, 2.24) is 9.97 Å². The Labute approximate surface area is 88.1 Å². The van der Waals surface area contributed by atoms with Crippen LogP contribution in [0, 0.1) is 0 Å². The fourth-order valence-corrected chi connectivity index (χ4v) is 1.95. The molecule has 4 nitrogen and oxygen atoms in total. The molecule has 0 saturated carbocycles. The Balaban J connectivity index is 2.18. The average Bonchev–Trinajstić information content (AvgIpc) is 2.18. The number of nitrogens with zero attached hydrogens (tertiary/aromatic N) is 3. The summed E-state index contributed by atoms with van der Waals surface area (Å²) in [4.78, 5) is 10.3. The van der Waals surface area contributed by atoms with Gasteiger partial charge in [-0.05, 0) is 12.8 Å². The van der Waals surface area contributed by atoms with Crippen molar-refractivity contribution in [2.75, 3.05) is 18.0 Å². The maximum atomic E-state index is 5.95. The normalized spacial score (nSPS) is 22.4. The van der Waals surface area contributed by atoms with Crippen molar-refractivity contribution in [2.24, 2.45) is 5.73 Å². The number of rotatable bonds is 1. The highest BCUT2D eigenvalue weighted by Crippen LogP contribution is 2.22. The van der Waals surface area contributed by atoms with Gasteiger partial charge in [0.05, 0.1) is 0 Å². The van der Waals surface area contributed by atoms with Crippen molar-refractivity contribution in [3.63, 3.8) is 0 Å². The molecule has 1 aromatic heterocycles. The second-order valence-corrected chi connectivity index (χ2v) is 3.88. The number of hydrogen-bond donors (Lipinski definition) is 1. The maximum absolute atomic E-state index is 5.95. The van der Waals surface area contributed by atoms with Crippen molar-refractivity contribution >= 4 is 17.4 Å². The van der Waals surface area contributed by atoms with E-state index in [1.807, 2.05) is 0 Å². The molecule has 2 rings (SSSR count). The third kappa shape index (κ3) is 1.96. The molecule has 2 heterocycles. The third-order valence-corrected chi connectivity index (χ3v) is 2.66. The number of aromatic nitrogens is 2. The van der Waals surface area contributed by atoms with Crippen molar-refractivity contribution in [3.8, 4) is 0 Å². The van der Waals surface area contributed by atoms with Crippen LogP contribution in [-0.2, 0) is 0 Å². The van der Waals surface area contributed by atoms with Gasteiger partial charge in [0, 0.05) is 31.5 Å². The molecule has 0 unspecified atom stereocenters. The zero-order valence-corrected chi connectivity index (χ0v) is 8.61. The summed E-state index contributed by atoms with van der Waals surface area (Å²) < 4.78 is 0. The van der Waals surface area contributed by atoms with Crippen molar-refractivity contribution < 1.29 is 0 Å². The Hall–Kier alpha value is -0.870. The first-order chi connectivity index (χ1) is 6.77. The van der Waals surface area contributed by atoms with Crippen LogP contribution in [0.4, 0.5) is 5.82 Å². The summed E-state index contributed by atoms with van der Waals surface area (Å²) in [5.41, 5.74) is 5.88. The van der Waals surface area contributed by atoms with Crippen molar-refractivity contribution in [2.45, 2.75) is 18.9 Å². The average molecular weight is 213 g/mol. The fraction of sp³-hybridized carbons (Fsp3) is 0.556. The summed E-state index contributed by atoms with van der Waals surface area (Å²) in [6.45, 7) is 1.78. The van der Waals surface area contributed by atoms with Crippen LogP contribution in [0.25, 0.3) is 0 Å². The Kier molecular flexibility index (Phi) is 2.84. The van der Waals surface area contributed by atoms with Crippen LogP contribution in [0.3, 0.4) is 0 Å². The van der Waals surface area contributed by atoms with Gasteiger partial charge in [-0.25, -0.2) is 9.97 Å². The summed E-state index contributed by atoms with van der Waals surface area (Å²) in [6.07, 6.45) is 5.42. The first-order valence-electron chi connectivity index (χ1n) is 4.74. The van der Waals surface area contributed by atoms with E-state index in [9.17, 15) is 0 Å². The van der Waals surface area contributed by atoms with Crippen LogP contribution < -0.4 is 10.6 Å². The monoisotopic (exact) mass is 212 g/mol. The lowest BCUT2D eigenvalue weighted by Crippen LogP contribution is -2.43. The van der Waals surface area contributed by atoms with Gasteiger partial charge in [-0.15, -0.1) is 0 Å². The molecule has 1 fully saturated rings. The highest BCUT2D eigenvalue weighted by Gasteiger charge is 2.19. The Morgan fingerprint density at radius 2 is 2.21 bits per heavy atom. The van der Waals surface area contributed by atoms with Crippen LogP contribution >= 0.6 is 11.6 Å². The Morgan fingerprint density at radius 3 is 2.93 bits per heavy atom. The molecule has 76 valence electrons. The van der Waals surface area contributed by atoms with E-state index in [2.05, 4.69) is 14.9 Å². The van der Waals surface area contributed by atoms with Crippen LogP contribution in [0.2, 0.25) is 5.15 Å². The lowest BCUT2D eigenvalue weighted by Gasteiger charge is -2.31. The number of piperidine rings is 1. The van der Waals surface area contributed by atoms with Crippen LogP contribution in [-0.4, -0.2) is 29.1 Å². The molecule has 0 amide bonds. The first kappa shape index (κ1) is 9.68. The molecular formula is C9H13ClN4. The lowest BCUT2D eigenvalue weighted by atomic mass is 10.1. The number of anilines is 1. The van der Waals surface area contributed by atoms with Gasteiger partial charge in [0.2, 0.25) is 0 Å². The second kappa shape index (κ2) is 4.11. The van der Waals surface area contributed by atoms with Crippen molar-refractivity contribution in [3.05, 3.63) is 17.5 Å². The minimum absolute atomic E-state index is 0.224. The van der Waals surface area contributed by atoms with E-state index in [0.717, 1.165) is 31.7 Å². The highest BCUT2D eigenvalue weighted by atomic mass is 35.5. The molecule has 0 spiro atoms. The lowest BCUT2D eigenvalue weighted by molar-refractivity contribution is 0.503. The molecular weight excluding hydrogens is 200 g/mol. The summed E-state index contributed by atoms with van der Waals surface area (Å²) in [6, 6.07) is 0.224. The summed E-state index contributed by atoms with van der Waals surface area (Å²) in [7, 11) is 0. The number of halogens is 1. The Bertz CT molecular complexity index is 317. The maximum Gasteiger partial charge on any atom is 0.171 e. The van der Waals surface area contributed by atoms with E-state index in [4.69, 9.17) is 17.3 Å². The number of hydrogen-bond acceptors (Lipinski definition) is 4. The third-order valence-electron chi connectivity index (χ3n) is 2.39. The van der Waals surface area contributed by atoms with Crippen molar-refractivity contribution in [1.29, 1.82) is 0 Å². The molecule has 0 aliphatic carbocycles. The van der Waals surface area contributed by atoms with Gasteiger partial charge in [-0.3, -0.25) is 0 Å². The van der Waals surface area contributed by atoms with E-state index in [0.29, 0.717) is 5.15 Å². The van der Waals surface area contributed by atoms with Crippen LogP contribution in [0.5, 0.6) is 0 Å². The van der Waals surface area contributed by atoms with Crippen LogP contribution in [0.15, 0.2) is 12.4 Å². The minimum Gasteiger partial charge on any atom is -0.353 e. The van der Waals surface area contributed by atoms with E-state index >= 15 is 0 Å². The molecule has 1 saturated heterocycles. The molecule has 0 bridgehead atoms. The zero-order valence-electron chi connectivity index (χ0n) is 7.86. The van der Waals surface area contributed by atoms with Gasteiger partial charge in [0.15, 0.2) is 11.0 Å². The topological polar surface area (TPSA) is 55.0 Å². The fourth-order valence-electron chi connectivity index (χ4n) is 1.73. The predicted octanol–water partition coefficient (Wildman–Crippen LogP) is 1.06. The van der Waals surface area contributed by atoms with Crippen LogP contribution in [0.1, 0.15) is 12.8 Å². The smallest absolute Gasteiger partial charge is 0.171 e. The molecule has 2 N–H and O–H groups in total. The number of nitrogens with two attached hydrogens (primary N) is 1. The molecule has 1 aromatic rings. The Morgan fingerprint density at radius 1 is 1.43 bits per heavy atom. The first-order valence-corrected chi connectivity index (χ1v) is 5.12. The molecule has 0 aromatic carbocycles. The van der Waals surface area contributed by atoms with Gasteiger partial charge in [-0.2, -0.15) is 0 Å². The predicted molar refractivity (Wildman–Crippen MR) is 56.5 cm³/mol. The molecule has 1 aliphatic heterocycles. The van der Waals surface area contributed by atoms with Gasteiger partial charge in [0.25, 0.3) is 0 Å². The highest BCUT2D eigenvalue weighted by molar-refractivity contribution is 6.31. The zero-order chi connectivity index (χ0) is 9.97. The van der Waals surface area contributed by atoms with E-state index in [-0.39, 0.29) is 6.04 Å². The van der Waals surface area contributed by atoms with E-state index in [1.54, 1.807) is 12.4 Å². The molecule has 5 heteroatoms. The second-order valence-electron chi connectivity index (χ2n) is 3.52. The van der Waals surface area contributed by atoms with E-state index < -0.39 is 0 Å². The van der Waals surface area contributed by atoms with Gasteiger partial charge in [-0.1, -0.05) is 11.6 Å². The summed E-state index contributed by atoms with van der Waals surface area (Å²) >= 11 is 5.95. The summed E-state index contributed by atoms with van der Waals surface area (Å²) in [5, 5.41) is 0.460. The molecule has 1 aliphatic rings. The minimum atomic E-state index is 0.224. The van der Waals surface area contributed by atoms with Gasteiger partial charge in [0.1, 0.15) is 0 Å². The molecule has 14 heavy (non-hydrogen) atoms. The standard InChI is InChI=1S/C9H13ClN4/c10-8-9(13-4-3-12-8)14-5-1-2-7(11)6-14/h3-4,7H,1-2,5-6,11H2/t7-/m1/s1. The van der Waals surface area contributed by atoms with E-state index in [1.165, 1.54) is 0 Å². The molecule has 0 radical (unpaired) electrons.